The quantitative estimate of drug-likeness (QED) is 0.857. The molecule has 16 heavy (non-hydrogen) atoms. The summed E-state index contributed by atoms with van der Waals surface area (Å²) in [6.45, 7) is 5.80. The molecule has 0 spiro atoms. The Kier molecular flexibility index (Phi) is 4.75. The molecule has 3 heteroatoms. The van der Waals surface area contributed by atoms with E-state index in [1.54, 1.807) is 13.0 Å². The topological polar surface area (TPSA) is 20.2 Å². The van der Waals surface area contributed by atoms with E-state index < -0.39 is 6.10 Å². The molecule has 1 rings (SSSR count). The first-order chi connectivity index (χ1) is 7.41. The van der Waals surface area contributed by atoms with Crippen molar-refractivity contribution in [3.05, 3.63) is 34.6 Å². The fourth-order valence-corrected chi connectivity index (χ4v) is 2.11. The highest BCUT2D eigenvalue weighted by Crippen LogP contribution is 2.24. The van der Waals surface area contributed by atoms with Crippen LogP contribution >= 0.6 is 11.6 Å². The molecule has 1 aromatic rings. The lowest BCUT2D eigenvalue weighted by Crippen LogP contribution is -2.24. The van der Waals surface area contributed by atoms with Crippen molar-refractivity contribution in [2.45, 2.75) is 33.3 Å². The molecule has 0 aliphatic heterocycles. The fraction of sp³-hybridized carbons (Fsp3) is 0.538. The average Bonchev–Trinajstić information content (AvgIpc) is 2.18. The molecule has 1 nitrogen and oxygen atoms in total. The summed E-state index contributed by atoms with van der Waals surface area (Å²) in [6, 6.07) is 4.54. The highest BCUT2D eigenvalue weighted by molar-refractivity contribution is 6.30. The average molecular weight is 245 g/mol. The van der Waals surface area contributed by atoms with Gasteiger partial charge >= 0.3 is 0 Å². The van der Waals surface area contributed by atoms with Gasteiger partial charge in [-0.25, -0.2) is 4.39 Å². The lowest BCUT2D eigenvalue weighted by Gasteiger charge is -2.24. The molecule has 0 aliphatic rings. The predicted octanol–water partition coefficient (Wildman–Crippen LogP) is 3.67. The molecule has 2 unspecified atom stereocenters. The van der Waals surface area contributed by atoms with Crippen LogP contribution in [0.15, 0.2) is 18.2 Å². The van der Waals surface area contributed by atoms with Crippen molar-refractivity contribution in [1.82, 2.24) is 0 Å². The van der Waals surface area contributed by atoms with Gasteiger partial charge in [-0.1, -0.05) is 25.4 Å². The van der Waals surface area contributed by atoms with Gasteiger partial charge in [0.15, 0.2) is 0 Å². The van der Waals surface area contributed by atoms with E-state index in [-0.39, 0.29) is 11.7 Å². The molecule has 0 aromatic heterocycles. The van der Waals surface area contributed by atoms with Crippen molar-refractivity contribution < 1.29 is 9.50 Å². The van der Waals surface area contributed by atoms with Crippen molar-refractivity contribution in [2.24, 2.45) is 11.8 Å². The van der Waals surface area contributed by atoms with Crippen LogP contribution in [-0.2, 0) is 6.42 Å². The summed E-state index contributed by atoms with van der Waals surface area (Å²) < 4.78 is 13.5. The Morgan fingerprint density at radius 1 is 1.31 bits per heavy atom. The monoisotopic (exact) mass is 244 g/mol. The molecule has 0 amide bonds. The first-order valence-corrected chi connectivity index (χ1v) is 5.91. The third kappa shape index (κ3) is 3.46. The number of hydrogen-bond acceptors (Lipinski definition) is 1. The Labute approximate surface area is 101 Å². The third-order valence-electron chi connectivity index (χ3n) is 2.94. The molecule has 0 saturated carbocycles. The molecule has 1 aromatic carbocycles. The molecular formula is C13H18ClFO. The molecule has 0 saturated heterocycles. The zero-order valence-corrected chi connectivity index (χ0v) is 10.6. The smallest absolute Gasteiger partial charge is 0.126 e. The standard InChI is InChI=1S/C13H18ClFO/c1-8(2)12(9(3)16)7-10-6-11(14)4-5-13(10)15/h4-6,8-9,12,16H,7H2,1-3H3. The van der Waals surface area contributed by atoms with E-state index in [4.69, 9.17) is 11.6 Å². The number of aliphatic hydroxyl groups is 1. The maximum absolute atomic E-state index is 13.5. The van der Waals surface area contributed by atoms with E-state index in [9.17, 15) is 9.50 Å². The summed E-state index contributed by atoms with van der Waals surface area (Å²) in [4.78, 5) is 0. The first kappa shape index (κ1) is 13.5. The second-order valence-electron chi connectivity index (χ2n) is 4.59. The maximum Gasteiger partial charge on any atom is 0.126 e. The van der Waals surface area contributed by atoms with Crippen LogP contribution in [0, 0.1) is 17.7 Å². The van der Waals surface area contributed by atoms with Crippen LogP contribution in [0.5, 0.6) is 0 Å². The summed E-state index contributed by atoms with van der Waals surface area (Å²) in [5.41, 5.74) is 0.576. The number of hydrogen-bond donors (Lipinski definition) is 1. The lowest BCUT2D eigenvalue weighted by atomic mass is 9.85. The predicted molar refractivity (Wildman–Crippen MR) is 65.1 cm³/mol. The number of halogens is 2. The van der Waals surface area contributed by atoms with Gasteiger partial charge in [-0.15, -0.1) is 0 Å². The molecule has 1 N–H and O–H groups in total. The highest BCUT2D eigenvalue weighted by Gasteiger charge is 2.20. The first-order valence-electron chi connectivity index (χ1n) is 5.53. The van der Waals surface area contributed by atoms with Gasteiger partial charge in [0.2, 0.25) is 0 Å². The van der Waals surface area contributed by atoms with Crippen molar-refractivity contribution in [2.75, 3.05) is 0 Å². The van der Waals surface area contributed by atoms with Crippen LogP contribution < -0.4 is 0 Å². The maximum atomic E-state index is 13.5. The van der Waals surface area contributed by atoms with Gasteiger partial charge < -0.3 is 5.11 Å². The van der Waals surface area contributed by atoms with Crippen LogP contribution in [0.1, 0.15) is 26.3 Å². The fourth-order valence-electron chi connectivity index (χ4n) is 1.92. The van der Waals surface area contributed by atoms with E-state index in [2.05, 4.69) is 0 Å². The van der Waals surface area contributed by atoms with Gasteiger partial charge in [0.25, 0.3) is 0 Å². The van der Waals surface area contributed by atoms with Crippen LogP contribution in [0.4, 0.5) is 4.39 Å². The van der Waals surface area contributed by atoms with E-state index in [0.29, 0.717) is 22.9 Å². The van der Waals surface area contributed by atoms with Crippen LogP contribution in [0.25, 0.3) is 0 Å². The van der Waals surface area contributed by atoms with Gasteiger partial charge in [-0.05, 0) is 48.9 Å². The Bertz CT molecular complexity index is 342. The lowest BCUT2D eigenvalue weighted by molar-refractivity contribution is 0.0971. The van der Waals surface area contributed by atoms with Gasteiger partial charge in [0, 0.05) is 5.02 Å². The second-order valence-corrected chi connectivity index (χ2v) is 5.02. The van der Waals surface area contributed by atoms with E-state index >= 15 is 0 Å². The minimum Gasteiger partial charge on any atom is -0.393 e. The molecular weight excluding hydrogens is 227 g/mol. The van der Waals surface area contributed by atoms with Gasteiger partial charge in [0.1, 0.15) is 5.82 Å². The van der Waals surface area contributed by atoms with Gasteiger partial charge in [0.05, 0.1) is 6.10 Å². The van der Waals surface area contributed by atoms with Gasteiger partial charge in [-0.3, -0.25) is 0 Å². The van der Waals surface area contributed by atoms with E-state index in [1.165, 1.54) is 12.1 Å². The van der Waals surface area contributed by atoms with Crippen molar-refractivity contribution in [3.8, 4) is 0 Å². The Hall–Kier alpha value is -0.600. The number of aliphatic hydroxyl groups excluding tert-OH is 1. The summed E-state index contributed by atoms with van der Waals surface area (Å²) in [7, 11) is 0. The molecule has 0 aliphatic carbocycles. The molecule has 0 bridgehead atoms. The summed E-state index contributed by atoms with van der Waals surface area (Å²) >= 11 is 5.83. The van der Waals surface area contributed by atoms with Gasteiger partial charge in [-0.2, -0.15) is 0 Å². The Balaban J connectivity index is 2.89. The molecule has 2 atom stereocenters. The minimum absolute atomic E-state index is 0.0490. The minimum atomic E-state index is -0.446. The molecule has 0 heterocycles. The largest absolute Gasteiger partial charge is 0.393 e. The van der Waals surface area contributed by atoms with Crippen molar-refractivity contribution in [1.29, 1.82) is 0 Å². The summed E-state index contributed by atoms with van der Waals surface area (Å²) in [5.74, 6) is 0.0991. The highest BCUT2D eigenvalue weighted by atomic mass is 35.5. The van der Waals surface area contributed by atoms with E-state index in [0.717, 1.165) is 0 Å². The number of benzene rings is 1. The van der Waals surface area contributed by atoms with Crippen molar-refractivity contribution >= 4 is 11.6 Å². The van der Waals surface area contributed by atoms with Crippen molar-refractivity contribution in [3.63, 3.8) is 0 Å². The molecule has 90 valence electrons. The van der Waals surface area contributed by atoms with Crippen LogP contribution in [0.2, 0.25) is 5.02 Å². The SMILES string of the molecule is CC(C)C(Cc1cc(Cl)ccc1F)C(C)O. The van der Waals surface area contributed by atoms with Crippen LogP contribution in [-0.4, -0.2) is 11.2 Å². The zero-order chi connectivity index (χ0) is 12.3. The Morgan fingerprint density at radius 3 is 2.44 bits per heavy atom. The normalized spacial score (nSPS) is 15.2. The summed E-state index contributed by atoms with van der Waals surface area (Å²) in [6.07, 6.45) is 0.0697. The zero-order valence-electron chi connectivity index (χ0n) is 9.87. The second kappa shape index (κ2) is 5.65. The molecule has 0 fully saturated rings. The number of rotatable bonds is 4. The molecule has 0 radical (unpaired) electrons. The summed E-state index contributed by atoms with van der Waals surface area (Å²) in [5, 5.41) is 10.2. The van der Waals surface area contributed by atoms with Crippen LogP contribution in [0.3, 0.4) is 0 Å². The Morgan fingerprint density at radius 2 is 1.94 bits per heavy atom. The third-order valence-corrected chi connectivity index (χ3v) is 3.17. The van der Waals surface area contributed by atoms with E-state index in [1.807, 2.05) is 13.8 Å².